The van der Waals surface area contributed by atoms with Gasteiger partial charge in [0.25, 0.3) is 0 Å². The van der Waals surface area contributed by atoms with E-state index in [-0.39, 0.29) is 0 Å². The number of rotatable bonds is 4. The van der Waals surface area contributed by atoms with Crippen LogP contribution in [0.3, 0.4) is 0 Å². The van der Waals surface area contributed by atoms with Crippen molar-refractivity contribution in [1.82, 2.24) is 18.7 Å². The van der Waals surface area contributed by atoms with Crippen LogP contribution < -0.4 is 0 Å². The van der Waals surface area contributed by atoms with E-state index in [9.17, 15) is 0 Å². The number of nitrogens with zero attached hydrogens (tertiary/aromatic N) is 4. The second-order valence-electron chi connectivity index (χ2n) is 13.2. The molecule has 0 spiro atoms. The van der Waals surface area contributed by atoms with Gasteiger partial charge in [0, 0.05) is 55.6 Å². The van der Waals surface area contributed by atoms with Crippen molar-refractivity contribution in [1.29, 1.82) is 0 Å². The summed E-state index contributed by atoms with van der Waals surface area (Å²) >= 11 is 0. The topological polar surface area (TPSA) is 27.7 Å². The van der Waals surface area contributed by atoms with Crippen LogP contribution in [-0.4, -0.2) is 18.7 Å². The minimum Gasteiger partial charge on any atom is -0.309 e. The van der Waals surface area contributed by atoms with Crippen LogP contribution in [0.5, 0.6) is 0 Å². The van der Waals surface area contributed by atoms with Crippen molar-refractivity contribution >= 4 is 65.5 Å². The number of fused-ring (bicyclic) bond motifs is 10. The number of aromatic nitrogens is 4. The highest BCUT2D eigenvalue weighted by Crippen LogP contribution is 2.43. The van der Waals surface area contributed by atoms with Gasteiger partial charge in [-0.1, -0.05) is 91.0 Å². The Kier molecular flexibility index (Phi) is 5.92. The van der Waals surface area contributed by atoms with E-state index >= 15 is 0 Å². The Labute approximate surface area is 293 Å². The second-order valence-corrected chi connectivity index (χ2v) is 13.2. The maximum atomic E-state index is 4.83. The van der Waals surface area contributed by atoms with Gasteiger partial charge >= 0.3 is 0 Å². The van der Waals surface area contributed by atoms with Gasteiger partial charge in [0.15, 0.2) is 0 Å². The van der Waals surface area contributed by atoms with Crippen LogP contribution in [0.15, 0.2) is 182 Å². The third-order valence-corrected chi connectivity index (χ3v) is 10.5. The zero-order chi connectivity index (χ0) is 33.5. The molecule has 4 aromatic heterocycles. The Morgan fingerprint density at radius 3 is 1.49 bits per heavy atom. The summed E-state index contributed by atoms with van der Waals surface area (Å²) in [6.45, 7) is 0. The SMILES string of the molecule is c1ccc(-n2c3ccccc3c3c4c5ccc(-c6ccc7c(c6)c6cccnc6n7-c6ccccc6)cc5n(-c5ccccc5)c4ccc32)cc1. The van der Waals surface area contributed by atoms with Gasteiger partial charge in [-0.05, 0) is 96.1 Å². The molecule has 51 heavy (non-hydrogen) atoms. The van der Waals surface area contributed by atoms with Gasteiger partial charge in [0.05, 0.1) is 27.6 Å². The van der Waals surface area contributed by atoms with Crippen LogP contribution in [0.25, 0.3) is 93.7 Å². The van der Waals surface area contributed by atoms with Gasteiger partial charge in [0.1, 0.15) is 5.65 Å². The Morgan fingerprint density at radius 1 is 0.314 bits per heavy atom. The summed E-state index contributed by atoms with van der Waals surface area (Å²) in [6, 6.07) is 63.4. The molecular formula is C47H30N4. The Balaban J connectivity index is 1.20. The zero-order valence-corrected chi connectivity index (χ0v) is 27.6. The highest BCUT2D eigenvalue weighted by molar-refractivity contribution is 6.29. The summed E-state index contributed by atoms with van der Waals surface area (Å²) in [4.78, 5) is 4.83. The first kappa shape index (κ1) is 28.0. The molecule has 0 saturated carbocycles. The van der Waals surface area contributed by atoms with E-state index in [1.54, 1.807) is 0 Å². The van der Waals surface area contributed by atoms with E-state index in [1.807, 2.05) is 12.3 Å². The largest absolute Gasteiger partial charge is 0.309 e. The lowest BCUT2D eigenvalue weighted by Gasteiger charge is -2.10. The summed E-state index contributed by atoms with van der Waals surface area (Å²) in [7, 11) is 0. The average molecular weight is 651 g/mol. The monoisotopic (exact) mass is 650 g/mol. The molecule has 0 amide bonds. The molecule has 0 N–H and O–H groups in total. The number of para-hydroxylation sites is 4. The van der Waals surface area contributed by atoms with Crippen molar-refractivity contribution in [2.24, 2.45) is 0 Å². The first-order chi connectivity index (χ1) is 25.3. The van der Waals surface area contributed by atoms with E-state index in [0.29, 0.717) is 0 Å². The maximum Gasteiger partial charge on any atom is 0.145 e. The Morgan fingerprint density at radius 2 is 0.804 bits per heavy atom. The maximum absolute atomic E-state index is 4.83. The molecule has 0 aliphatic carbocycles. The predicted octanol–water partition coefficient (Wildman–Crippen LogP) is 12.0. The highest BCUT2D eigenvalue weighted by Gasteiger charge is 2.21. The molecule has 0 saturated heterocycles. The van der Waals surface area contributed by atoms with Gasteiger partial charge in [-0.2, -0.15) is 0 Å². The first-order valence-corrected chi connectivity index (χ1v) is 17.4. The number of hydrogen-bond donors (Lipinski definition) is 0. The van der Waals surface area contributed by atoms with Crippen molar-refractivity contribution in [3.05, 3.63) is 182 Å². The quantitative estimate of drug-likeness (QED) is 0.186. The third-order valence-electron chi connectivity index (χ3n) is 10.5. The number of pyridine rings is 1. The van der Waals surface area contributed by atoms with Crippen molar-refractivity contribution in [3.63, 3.8) is 0 Å². The second kappa shape index (κ2) is 10.8. The van der Waals surface area contributed by atoms with E-state index in [1.165, 1.54) is 60.1 Å². The van der Waals surface area contributed by atoms with E-state index in [0.717, 1.165) is 33.6 Å². The Hall–Kier alpha value is -6.91. The molecule has 0 unspecified atom stereocenters. The summed E-state index contributed by atoms with van der Waals surface area (Å²) in [5.74, 6) is 0. The molecule has 238 valence electrons. The standard InChI is InChI=1S/C47H30N4/c1-4-13-33(14-5-1)49-40-21-11-10-19-37(40)45-42(49)26-27-43-46(45)38-24-22-32(30-44(38)50(43)34-15-6-2-7-16-34)31-23-25-41-39(29-31)36-20-12-28-48-47(36)51(41)35-17-8-3-9-18-35/h1-30H. The molecule has 0 atom stereocenters. The lowest BCUT2D eigenvalue weighted by atomic mass is 10.00. The van der Waals surface area contributed by atoms with Crippen LogP contribution in [0.4, 0.5) is 0 Å². The normalized spacial score (nSPS) is 11.9. The lowest BCUT2D eigenvalue weighted by molar-refractivity contribution is 1.14. The summed E-state index contributed by atoms with van der Waals surface area (Å²) in [5.41, 5.74) is 12.7. The van der Waals surface area contributed by atoms with Gasteiger partial charge in [-0.3, -0.25) is 4.57 Å². The third kappa shape index (κ3) is 4.05. The minimum atomic E-state index is 0.967. The smallest absolute Gasteiger partial charge is 0.145 e. The molecule has 0 aliphatic rings. The molecular weight excluding hydrogens is 621 g/mol. The molecule has 7 aromatic carbocycles. The van der Waals surface area contributed by atoms with E-state index < -0.39 is 0 Å². The summed E-state index contributed by atoms with van der Waals surface area (Å²) < 4.78 is 7.11. The van der Waals surface area contributed by atoms with Crippen LogP contribution in [-0.2, 0) is 0 Å². The molecule has 4 heterocycles. The lowest BCUT2D eigenvalue weighted by Crippen LogP contribution is -1.95. The van der Waals surface area contributed by atoms with E-state index in [4.69, 9.17) is 4.98 Å². The van der Waals surface area contributed by atoms with Crippen LogP contribution in [0.1, 0.15) is 0 Å². The fraction of sp³-hybridized carbons (Fsp3) is 0. The highest BCUT2D eigenvalue weighted by atomic mass is 15.0. The van der Waals surface area contributed by atoms with Crippen molar-refractivity contribution in [2.75, 3.05) is 0 Å². The summed E-state index contributed by atoms with van der Waals surface area (Å²) in [5, 5.41) is 7.39. The average Bonchev–Trinajstić information content (AvgIpc) is 3.84. The van der Waals surface area contributed by atoms with Gasteiger partial charge in [0.2, 0.25) is 0 Å². The van der Waals surface area contributed by atoms with Crippen LogP contribution in [0.2, 0.25) is 0 Å². The van der Waals surface area contributed by atoms with Crippen molar-refractivity contribution in [3.8, 4) is 28.2 Å². The number of hydrogen-bond acceptors (Lipinski definition) is 1. The van der Waals surface area contributed by atoms with Gasteiger partial charge < -0.3 is 9.13 Å². The Bertz CT molecular complexity index is 3110. The molecule has 0 aliphatic heterocycles. The fourth-order valence-electron chi connectivity index (χ4n) is 8.32. The molecule has 0 radical (unpaired) electrons. The zero-order valence-electron chi connectivity index (χ0n) is 27.6. The van der Waals surface area contributed by atoms with Crippen molar-refractivity contribution in [2.45, 2.75) is 0 Å². The van der Waals surface area contributed by atoms with E-state index in [2.05, 4.69) is 184 Å². The molecule has 0 fully saturated rings. The number of benzene rings is 7. The van der Waals surface area contributed by atoms with Crippen molar-refractivity contribution < 1.29 is 0 Å². The minimum absolute atomic E-state index is 0.967. The van der Waals surface area contributed by atoms with Gasteiger partial charge in [-0.25, -0.2) is 4.98 Å². The molecule has 11 rings (SSSR count). The predicted molar refractivity (Wildman–Crippen MR) is 213 cm³/mol. The fourth-order valence-corrected chi connectivity index (χ4v) is 8.32. The molecule has 4 nitrogen and oxygen atoms in total. The molecule has 0 bridgehead atoms. The molecule has 4 heteroatoms. The summed E-state index contributed by atoms with van der Waals surface area (Å²) in [6.07, 6.45) is 1.88. The first-order valence-electron chi connectivity index (χ1n) is 17.4. The molecule has 11 aromatic rings. The van der Waals surface area contributed by atoms with Gasteiger partial charge in [-0.15, -0.1) is 0 Å². The van der Waals surface area contributed by atoms with Crippen LogP contribution in [0, 0.1) is 0 Å². The van der Waals surface area contributed by atoms with Crippen LogP contribution >= 0.6 is 0 Å².